The number of carbonyl (C=O) groups excluding carboxylic acids is 1. The highest BCUT2D eigenvalue weighted by Gasteiger charge is 2.32. The molecule has 0 saturated heterocycles. The number of aromatic amines is 2. The molecule has 0 aromatic carbocycles. The molecule has 0 bridgehead atoms. The number of fused-ring (bicyclic) bond motifs is 2. The number of nitrogens with zero attached hydrogens (tertiary/aromatic N) is 3. The molecule has 7 nitrogen and oxygen atoms in total. The van der Waals surface area contributed by atoms with Gasteiger partial charge in [0.2, 0.25) is 5.91 Å². The van der Waals surface area contributed by atoms with Crippen LogP contribution >= 0.6 is 0 Å². The van der Waals surface area contributed by atoms with Crippen molar-refractivity contribution in [3.05, 3.63) is 33.9 Å². The Balaban J connectivity index is 1.49. The molecule has 0 radical (unpaired) electrons. The highest BCUT2D eigenvalue weighted by molar-refractivity contribution is 5.81. The minimum Gasteiger partial charge on any atom is -0.338 e. The van der Waals surface area contributed by atoms with E-state index in [-0.39, 0.29) is 11.3 Å². The molecule has 176 valence electrons. The van der Waals surface area contributed by atoms with E-state index in [2.05, 4.69) is 41.4 Å². The molecule has 0 fully saturated rings. The molecule has 1 amide bonds. The second-order valence-corrected chi connectivity index (χ2v) is 11.2. The smallest absolute Gasteiger partial charge is 0.228 e. The standard InChI is InChI=1S/C25H40N6O/c1-15(2)22-18-13-26-12-17(11-21(18)28-29-22)10-16(3)23-19-14-31(24(32)25(4,5)6)9-7-8-20(19)27-30-23/h15-17,26H,7-14H2,1-6H3,(H,27,30)(H,28,29). The Kier molecular flexibility index (Phi) is 6.48. The average molecular weight is 441 g/mol. The van der Waals surface area contributed by atoms with Gasteiger partial charge in [0.05, 0.1) is 11.4 Å². The second kappa shape index (κ2) is 9.00. The van der Waals surface area contributed by atoms with E-state index < -0.39 is 0 Å². The molecule has 0 spiro atoms. The summed E-state index contributed by atoms with van der Waals surface area (Å²) in [4.78, 5) is 15.0. The Hall–Kier alpha value is -2.15. The van der Waals surface area contributed by atoms with E-state index in [0.717, 1.165) is 51.0 Å². The second-order valence-electron chi connectivity index (χ2n) is 11.2. The van der Waals surface area contributed by atoms with Crippen LogP contribution in [0.15, 0.2) is 0 Å². The topological polar surface area (TPSA) is 89.7 Å². The Labute approximate surface area is 192 Å². The van der Waals surface area contributed by atoms with E-state index in [1.165, 1.54) is 28.2 Å². The monoisotopic (exact) mass is 440 g/mol. The normalized spacial score (nSPS) is 20.5. The Morgan fingerprint density at radius 1 is 1.09 bits per heavy atom. The lowest BCUT2D eigenvalue weighted by Crippen LogP contribution is -2.39. The molecule has 0 saturated carbocycles. The molecular formula is C25H40N6O. The molecule has 4 heterocycles. The van der Waals surface area contributed by atoms with Gasteiger partial charge < -0.3 is 10.2 Å². The minimum atomic E-state index is -0.358. The number of rotatable bonds is 4. The summed E-state index contributed by atoms with van der Waals surface area (Å²) in [5.74, 6) is 1.52. The number of hydrogen-bond acceptors (Lipinski definition) is 4. The van der Waals surface area contributed by atoms with E-state index in [0.29, 0.717) is 24.3 Å². The van der Waals surface area contributed by atoms with Crippen LogP contribution in [0.5, 0.6) is 0 Å². The van der Waals surface area contributed by atoms with Crippen molar-refractivity contribution < 1.29 is 4.79 Å². The van der Waals surface area contributed by atoms with E-state index >= 15 is 0 Å². The van der Waals surface area contributed by atoms with Crippen LogP contribution in [0.2, 0.25) is 0 Å². The van der Waals surface area contributed by atoms with E-state index in [4.69, 9.17) is 5.10 Å². The molecule has 2 atom stereocenters. The highest BCUT2D eigenvalue weighted by Crippen LogP contribution is 2.33. The van der Waals surface area contributed by atoms with Crippen LogP contribution in [0.1, 0.15) is 100 Å². The van der Waals surface area contributed by atoms with Gasteiger partial charge >= 0.3 is 0 Å². The molecule has 2 aliphatic rings. The van der Waals surface area contributed by atoms with Gasteiger partial charge in [0.15, 0.2) is 0 Å². The number of hydrogen-bond donors (Lipinski definition) is 3. The molecule has 2 aromatic heterocycles. The van der Waals surface area contributed by atoms with E-state index in [1.807, 2.05) is 25.7 Å². The predicted octanol–water partition coefficient (Wildman–Crippen LogP) is 4.03. The number of aromatic nitrogens is 4. The van der Waals surface area contributed by atoms with Crippen molar-refractivity contribution in [2.45, 2.75) is 92.2 Å². The Morgan fingerprint density at radius 2 is 1.81 bits per heavy atom. The van der Waals surface area contributed by atoms with Gasteiger partial charge in [-0.15, -0.1) is 0 Å². The van der Waals surface area contributed by atoms with Crippen LogP contribution in [0, 0.1) is 11.3 Å². The van der Waals surface area contributed by atoms with Gasteiger partial charge in [-0.2, -0.15) is 10.2 Å². The maximum atomic E-state index is 13.0. The van der Waals surface area contributed by atoms with Crippen LogP contribution in [-0.2, 0) is 30.7 Å². The molecule has 2 aliphatic heterocycles. The molecule has 3 N–H and O–H groups in total. The van der Waals surface area contributed by atoms with Gasteiger partial charge in [-0.25, -0.2) is 0 Å². The summed E-state index contributed by atoms with van der Waals surface area (Å²) in [5.41, 5.74) is 7.10. The molecule has 4 rings (SSSR count). The SMILES string of the molecule is CC(C)c1n[nH]c2c1CNCC(CC(C)c1n[nH]c3c1CN(C(=O)C(C)(C)C)CCC3)C2. The fraction of sp³-hybridized carbons (Fsp3) is 0.720. The summed E-state index contributed by atoms with van der Waals surface area (Å²) in [6.45, 7) is 16.1. The molecule has 0 aliphatic carbocycles. The average Bonchev–Trinajstić information content (AvgIpc) is 3.16. The van der Waals surface area contributed by atoms with Crippen molar-refractivity contribution in [3.8, 4) is 0 Å². The summed E-state index contributed by atoms with van der Waals surface area (Å²) in [5, 5.41) is 19.6. The summed E-state index contributed by atoms with van der Waals surface area (Å²) >= 11 is 0. The first kappa shape index (κ1) is 23.0. The first-order valence-electron chi connectivity index (χ1n) is 12.3. The highest BCUT2D eigenvalue weighted by atomic mass is 16.2. The number of amides is 1. The van der Waals surface area contributed by atoms with E-state index in [1.54, 1.807) is 0 Å². The Morgan fingerprint density at radius 3 is 2.53 bits per heavy atom. The summed E-state index contributed by atoms with van der Waals surface area (Å²) in [6, 6.07) is 0. The first-order chi connectivity index (χ1) is 15.1. The maximum absolute atomic E-state index is 13.0. The fourth-order valence-electron chi connectivity index (χ4n) is 5.37. The van der Waals surface area contributed by atoms with Crippen molar-refractivity contribution in [1.82, 2.24) is 30.6 Å². The van der Waals surface area contributed by atoms with Gasteiger partial charge in [0, 0.05) is 53.5 Å². The molecule has 32 heavy (non-hydrogen) atoms. The van der Waals surface area contributed by atoms with Gasteiger partial charge in [-0.05, 0) is 44.1 Å². The van der Waals surface area contributed by atoms with Crippen LogP contribution in [0.4, 0.5) is 0 Å². The van der Waals surface area contributed by atoms with Gasteiger partial charge in [0.1, 0.15) is 0 Å². The summed E-state index contributed by atoms with van der Waals surface area (Å²) in [6.07, 6.45) is 4.03. The van der Waals surface area contributed by atoms with Crippen molar-refractivity contribution in [2.75, 3.05) is 13.1 Å². The fourth-order valence-corrected chi connectivity index (χ4v) is 5.37. The number of H-pyrrole nitrogens is 2. The summed E-state index contributed by atoms with van der Waals surface area (Å²) in [7, 11) is 0. The zero-order valence-electron chi connectivity index (χ0n) is 20.6. The quantitative estimate of drug-likeness (QED) is 0.669. The third kappa shape index (κ3) is 4.63. The van der Waals surface area contributed by atoms with Gasteiger partial charge in [0.25, 0.3) is 0 Å². The number of nitrogens with one attached hydrogen (secondary N) is 3. The lowest BCUT2D eigenvalue weighted by atomic mass is 9.88. The van der Waals surface area contributed by atoms with Crippen LogP contribution < -0.4 is 5.32 Å². The molecular weight excluding hydrogens is 400 g/mol. The van der Waals surface area contributed by atoms with Crippen LogP contribution in [-0.4, -0.2) is 44.3 Å². The lowest BCUT2D eigenvalue weighted by Gasteiger charge is -2.29. The van der Waals surface area contributed by atoms with Crippen molar-refractivity contribution in [3.63, 3.8) is 0 Å². The zero-order chi connectivity index (χ0) is 23.0. The maximum Gasteiger partial charge on any atom is 0.228 e. The largest absolute Gasteiger partial charge is 0.338 e. The Bertz CT molecular complexity index is 950. The zero-order valence-corrected chi connectivity index (χ0v) is 20.6. The third-order valence-corrected chi connectivity index (χ3v) is 7.03. The number of aryl methyl sites for hydroxylation is 1. The first-order valence-corrected chi connectivity index (χ1v) is 12.3. The van der Waals surface area contributed by atoms with Crippen molar-refractivity contribution >= 4 is 5.91 Å². The van der Waals surface area contributed by atoms with Crippen LogP contribution in [0.25, 0.3) is 0 Å². The molecule has 2 unspecified atom stereocenters. The number of carbonyl (C=O) groups is 1. The van der Waals surface area contributed by atoms with Gasteiger partial charge in [-0.1, -0.05) is 41.5 Å². The minimum absolute atomic E-state index is 0.228. The molecule has 7 heteroatoms. The summed E-state index contributed by atoms with van der Waals surface area (Å²) < 4.78 is 0. The third-order valence-electron chi connectivity index (χ3n) is 7.03. The van der Waals surface area contributed by atoms with Crippen molar-refractivity contribution in [1.29, 1.82) is 0 Å². The van der Waals surface area contributed by atoms with Crippen LogP contribution in [0.3, 0.4) is 0 Å². The van der Waals surface area contributed by atoms with E-state index in [9.17, 15) is 4.79 Å². The van der Waals surface area contributed by atoms with Crippen molar-refractivity contribution in [2.24, 2.45) is 11.3 Å². The molecule has 2 aromatic rings. The predicted molar refractivity (Wildman–Crippen MR) is 126 cm³/mol. The lowest BCUT2D eigenvalue weighted by molar-refractivity contribution is -0.140. The van der Waals surface area contributed by atoms with Gasteiger partial charge in [-0.3, -0.25) is 15.0 Å².